The third-order valence-corrected chi connectivity index (χ3v) is 4.51. The molecule has 0 bridgehead atoms. The molecule has 0 aliphatic heterocycles. The van der Waals surface area contributed by atoms with Gasteiger partial charge in [0.25, 0.3) is 0 Å². The summed E-state index contributed by atoms with van der Waals surface area (Å²) in [6.45, 7) is -0.0634. The predicted octanol–water partition coefficient (Wildman–Crippen LogP) is 4.18. The van der Waals surface area contributed by atoms with Crippen LogP contribution in [-0.2, 0) is 16.0 Å². The SMILES string of the molecule is O=C(CCCc1ncc(-c2ccccc2)o1)NCC(=O)Nc1ccc(Br)cc1. The number of carbonyl (C=O) groups excluding carboxylic acids is 2. The zero-order valence-electron chi connectivity index (χ0n) is 15.2. The van der Waals surface area contributed by atoms with Crippen molar-refractivity contribution in [3.8, 4) is 11.3 Å². The smallest absolute Gasteiger partial charge is 0.243 e. The Morgan fingerprint density at radius 2 is 1.75 bits per heavy atom. The van der Waals surface area contributed by atoms with Crippen LogP contribution in [0.15, 0.2) is 69.7 Å². The van der Waals surface area contributed by atoms with Gasteiger partial charge in [-0.2, -0.15) is 0 Å². The fourth-order valence-electron chi connectivity index (χ4n) is 2.57. The number of rotatable bonds is 8. The van der Waals surface area contributed by atoms with E-state index in [9.17, 15) is 9.59 Å². The van der Waals surface area contributed by atoms with Crippen molar-refractivity contribution >= 4 is 33.4 Å². The van der Waals surface area contributed by atoms with Crippen LogP contribution in [0.5, 0.6) is 0 Å². The summed E-state index contributed by atoms with van der Waals surface area (Å²) in [5.74, 6) is 0.862. The number of hydrogen-bond donors (Lipinski definition) is 2. The molecule has 144 valence electrons. The lowest BCUT2D eigenvalue weighted by atomic mass is 10.2. The number of anilines is 1. The Morgan fingerprint density at radius 1 is 1.00 bits per heavy atom. The molecule has 1 heterocycles. The van der Waals surface area contributed by atoms with Gasteiger partial charge in [0, 0.05) is 28.6 Å². The van der Waals surface area contributed by atoms with Gasteiger partial charge in [0.2, 0.25) is 11.8 Å². The number of aromatic nitrogens is 1. The largest absolute Gasteiger partial charge is 0.441 e. The van der Waals surface area contributed by atoms with Gasteiger partial charge in [-0.15, -0.1) is 0 Å². The summed E-state index contributed by atoms with van der Waals surface area (Å²) in [5.41, 5.74) is 1.65. The van der Waals surface area contributed by atoms with E-state index in [2.05, 4.69) is 31.5 Å². The number of carbonyl (C=O) groups is 2. The van der Waals surface area contributed by atoms with Gasteiger partial charge in [-0.1, -0.05) is 46.3 Å². The van der Waals surface area contributed by atoms with E-state index in [1.54, 1.807) is 18.3 Å². The van der Waals surface area contributed by atoms with E-state index in [-0.39, 0.29) is 18.4 Å². The van der Waals surface area contributed by atoms with Gasteiger partial charge in [0.15, 0.2) is 11.7 Å². The summed E-state index contributed by atoms with van der Waals surface area (Å²) in [6.07, 6.45) is 3.14. The maximum atomic E-state index is 11.9. The minimum Gasteiger partial charge on any atom is -0.441 e. The molecule has 0 atom stereocenters. The minimum absolute atomic E-state index is 0.0634. The van der Waals surface area contributed by atoms with Crippen LogP contribution in [0.2, 0.25) is 0 Å². The molecule has 3 rings (SSSR count). The van der Waals surface area contributed by atoms with Crippen LogP contribution < -0.4 is 10.6 Å². The number of benzene rings is 2. The zero-order valence-corrected chi connectivity index (χ0v) is 16.7. The second-order valence-electron chi connectivity index (χ2n) is 6.17. The fraction of sp³-hybridized carbons (Fsp3) is 0.190. The van der Waals surface area contributed by atoms with E-state index in [0.29, 0.717) is 36.6 Å². The van der Waals surface area contributed by atoms with Gasteiger partial charge in [0.1, 0.15) is 0 Å². The highest BCUT2D eigenvalue weighted by molar-refractivity contribution is 9.10. The van der Waals surface area contributed by atoms with Crippen LogP contribution in [-0.4, -0.2) is 23.3 Å². The van der Waals surface area contributed by atoms with E-state index in [4.69, 9.17) is 4.42 Å². The van der Waals surface area contributed by atoms with E-state index in [1.165, 1.54) is 0 Å². The van der Waals surface area contributed by atoms with Gasteiger partial charge in [-0.05, 0) is 30.7 Å². The molecule has 0 saturated carbocycles. The maximum absolute atomic E-state index is 11.9. The monoisotopic (exact) mass is 441 g/mol. The van der Waals surface area contributed by atoms with Crippen molar-refractivity contribution in [2.24, 2.45) is 0 Å². The summed E-state index contributed by atoms with van der Waals surface area (Å²) in [4.78, 5) is 28.0. The van der Waals surface area contributed by atoms with Gasteiger partial charge in [-0.3, -0.25) is 9.59 Å². The Labute approximate surface area is 171 Å². The quantitative estimate of drug-likeness (QED) is 0.548. The first-order chi connectivity index (χ1) is 13.6. The van der Waals surface area contributed by atoms with Crippen LogP contribution >= 0.6 is 15.9 Å². The van der Waals surface area contributed by atoms with E-state index >= 15 is 0 Å². The average molecular weight is 442 g/mol. The van der Waals surface area contributed by atoms with Gasteiger partial charge < -0.3 is 15.1 Å². The molecule has 6 nitrogen and oxygen atoms in total. The van der Waals surface area contributed by atoms with Crippen molar-refractivity contribution < 1.29 is 14.0 Å². The number of nitrogens with zero attached hydrogens (tertiary/aromatic N) is 1. The first kappa shape index (κ1) is 19.8. The molecule has 0 spiro atoms. The predicted molar refractivity (Wildman–Crippen MR) is 111 cm³/mol. The Kier molecular flexibility index (Phi) is 6.97. The molecular formula is C21H20BrN3O3. The topological polar surface area (TPSA) is 84.2 Å². The third-order valence-electron chi connectivity index (χ3n) is 3.98. The number of hydrogen-bond acceptors (Lipinski definition) is 4. The van der Waals surface area contributed by atoms with E-state index in [0.717, 1.165) is 10.0 Å². The molecule has 0 unspecified atom stereocenters. The van der Waals surface area contributed by atoms with Crippen LogP contribution in [0.1, 0.15) is 18.7 Å². The highest BCUT2D eigenvalue weighted by Crippen LogP contribution is 2.20. The molecule has 2 aromatic carbocycles. The van der Waals surface area contributed by atoms with Crippen molar-refractivity contribution in [2.75, 3.05) is 11.9 Å². The number of nitrogens with one attached hydrogen (secondary N) is 2. The van der Waals surface area contributed by atoms with E-state index < -0.39 is 0 Å². The molecule has 0 aliphatic carbocycles. The lowest BCUT2D eigenvalue weighted by Crippen LogP contribution is -2.32. The van der Waals surface area contributed by atoms with E-state index in [1.807, 2.05) is 42.5 Å². The second kappa shape index (κ2) is 9.85. The second-order valence-corrected chi connectivity index (χ2v) is 7.09. The lowest BCUT2D eigenvalue weighted by molar-refractivity contribution is -0.124. The number of aryl methyl sites for hydroxylation is 1. The molecule has 1 aromatic heterocycles. The maximum Gasteiger partial charge on any atom is 0.243 e. The van der Waals surface area contributed by atoms with Gasteiger partial charge in [-0.25, -0.2) is 4.98 Å². The van der Waals surface area contributed by atoms with Crippen molar-refractivity contribution in [3.63, 3.8) is 0 Å². The standard InChI is InChI=1S/C21H20BrN3O3/c22-16-9-11-17(12-10-16)25-20(27)14-23-19(26)7-4-8-21-24-13-18(28-21)15-5-2-1-3-6-15/h1-3,5-6,9-13H,4,7-8,14H2,(H,23,26)(H,25,27). The summed E-state index contributed by atoms with van der Waals surface area (Å²) in [5, 5.41) is 5.35. The zero-order chi connectivity index (χ0) is 19.8. The normalized spacial score (nSPS) is 10.5. The molecule has 0 saturated heterocycles. The summed E-state index contributed by atoms with van der Waals surface area (Å²) in [7, 11) is 0. The summed E-state index contributed by atoms with van der Waals surface area (Å²) < 4.78 is 6.65. The van der Waals surface area contributed by atoms with Crippen LogP contribution in [0, 0.1) is 0 Å². The van der Waals surface area contributed by atoms with Crippen LogP contribution in [0.4, 0.5) is 5.69 Å². The first-order valence-corrected chi connectivity index (χ1v) is 9.72. The summed E-state index contributed by atoms with van der Waals surface area (Å²) in [6, 6.07) is 17.0. The number of halogens is 1. The Hall–Kier alpha value is -2.93. The van der Waals surface area contributed by atoms with Crippen LogP contribution in [0.3, 0.4) is 0 Å². The molecule has 2 amide bonds. The van der Waals surface area contributed by atoms with Crippen LogP contribution in [0.25, 0.3) is 11.3 Å². The van der Waals surface area contributed by atoms with Gasteiger partial charge in [0.05, 0.1) is 12.7 Å². The van der Waals surface area contributed by atoms with Crippen molar-refractivity contribution in [1.29, 1.82) is 0 Å². The Balaban J connectivity index is 1.36. The third kappa shape index (κ3) is 6.06. The average Bonchev–Trinajstić information content (AvgIpc) is 3.18. The molecule has 0 fully saturated rings. The fourth-order valence-corrected chi connectivity index (χ4v) is 2.83. The molecule has 7 heteroatoms. The highest BCUT2D eigenvalue weighted by Gasteiger charge is 2.09. The molecule has 0 radical (unpaired) electrons. The minimum atomic E-state index is -0.268. The van der Waals surface area contributed by atoms with Crippen molar-refractivity contribution in [3.05, 3.63) is 71.2 Å². The lowest BCUT2D eigenvalue weighted by Gasteiger charge is -2.07. The molecular weight excluding hydrogens is 422 g/mol. The van der Waals surface area contributed by atoms with Gasteiger partial charge >= 0.3 is 0 Å². The summed E-state index contributed by atoms with van der Waals surface area (Å²) >= 11 is 3.33. The Bertz CT molecular complexity index is 924. The molecule has 0 aliphatic rings. The molecule has 28 heavy (non-hydrogen) atoms. The Morgan fingerprint density at radius 3 is 2.50 bits per heavy atom. The highest BCUT2D eigenvalue weighted by atomic mass is 79.9. The molecule has 3 aromatic rings. The van der Waals surface area contributed by atoms with Crippen molar-refractivity contribution in [1.82, 2.24) is 10.3 Å². The number of amides is 2. The number of oxazole rings is 1. The first-order valence-electron chi connectivity index (χ1n) is 8.92. The molecule has 2 N–H and O–H groups in total. The van der Waals surface area contributed by atoms with Crippen molar-refractivity contribution in [2.45, 2.75) is 19.3 Å².